The van der Waals surface area contributed by atoms with Crippen LogP contribution in [-0.2, 0) is 11.2 Å². The third kappa shape index (κ3) is 2.55. The van der Waals surface area contributed by atoms with E-state index in [0.717, 1.165) is 12.8 Å². The van der Waals surface area contributed by atoms with Gasteiger partial charge in [0.2, 0.25) is 11.8 Å². The highest BCUT2D eigenvalue weighted by molar-refractivity contribution is 5.66. The topological polar surface area (TPSA) is 76.2 Å². The summed E-state index contributed by atoms with van der Waals surface area (Å²) in [5, 5.41) is 16.3. The first-order valence-electron chi connectivity index (χ1n) is 5.30. The molecule has 0 aromatic carbocycles. The van der Waals surface area contributed by atoms with E-state index < -0.39 is 5.97 Å². The van der Waals surface area contributed by atoms with Crippen LogP contribution in [0.2, 0.25) is 0 Å². The highest BCUT2D eigenvalue weighted by atomic mass is 16.4. The van der Waals surface area contributed by atoms with Crippen LogP contribution in [-0.4, -0.2) is 21.3 Å². The van der Waals surface area contributed by atoms with Crippen molar-refractivity contribution in [1.29, 1.82) is 0 Å². The van der Waals surface area contributed by atoms with Crippen molar-refractivity contribution in [2.24, 2.45) is 0 Å². The van der Waals surface area contributed by atoms with E-state index >= 15 is 0 Å². The average Bonchev–Trinajstić information content (AvgIpc) is 2.85. The number of carboxylic acids is 1. The van der Waals surface area contributed by atoms with Crippen molar-refractivity contribution in [3.63, 3.8) is 0 Å². The number of carbonyl (C=O) groups is 1. The first kappa shape index (κ1) is 10.1. The maximum absolute atomic E-state index is 10.3. The molecule has 0 saturated heterocycles. The van der Waals surface area contributed by atoms with Crippen molar-refractivity contribution in [3.05, 3.63) is 11.8 Å². The Balaban J connectivity index is 1.94. The van der Waals surface area contributed by atoms with Gasteiger partial charge in [-0.3, -0.25) is 4.79 Å². The van der Waals surface area contributed by atoms with Gasteiger partial charge in [-0.1, -0.05) is 12.8 Å². The summed E-state index contributed by atoms with van der Waals surface area (Å²) in [6.45, 7) is 0. The molecule has 0 aliphatic heterocycles. The molecular formula is C10H14N2O3. The lowest BCUT2D eigenvalue weighted by atomic mass is 10.1. The smallest absolute Gasteiger partial charge is 0.303 e. The fourth-order valence-corrected chi connectivity index (χ4v) is 1.92. The van der Waals surface area contributed by atoms with E-state index in [1.54, 1.807) is 0 Å². The maximum atomic E-state index is 10.3. The van der Waals surface area contributed by atoms with Crippen LogP contribution in [0.5, 0.6) is 0 Å². The lowest BCUT2D eigenvalue weighted by molar-refractivity contribution is -0.137. The summed E-state index contributed by atoms with van der Waals surface area (Å²) in [6.07, 6.45) is 5.04. The Labute approximate surface area is 87.5 Å². The summed E-state index contributed by atoms with van der Waals surface area (Å²) in [7, 11) is 0. The molecule has 1 aliphatic rings. The molecule has 5 nitrogen and oxygen atoms in total. The molecule has 1 aromatic rings. The van der Waals surface area contributed by atoms with Crippen LogP contribution in [0.15, 0.2) is 4.42 Å². The van der Waals surface area contributed by atoms with Gasteiger partial charge in [0.05, 0.1) is 6.42 Å². The lowest BCUT2D eigenvalue weighted by Gasteiger charge is -2.00. The van der Waals surface area contributed by atoms with Crippen molar-refractivity contribution in [2.45, 2.75) is 44.4 Å². The van der Waals surface area contributed by atoms with Gasteiger partial charge >= 0.3 is 5.97 Å². The maximum Gasteiger partial charge on any atom is 0.303 e. The molecule has 0 amide bonds. The molecular weight excluding hydrogens is 196 g/mol. The zero-order valence-corrected chi connectivity index (χ0v) is 8.48. The largest absolute Gasteiger partial charge is 0.481 e. The van der Waals surface area contributed by atoms with E-state index in [9.17, 15) is 4.79 Å². The van der Waals surface area contributed by atoms with Crippen LogP contribution in [0.3, 0.4) is 0 Å². The Bertz CT molecular complexity index is 342. The van der Waals surface area contributed by atoms with E-state index in [-0.39, 0.29) is 6.42 Å². The molecule has 1 heterocycles. The van der Waals surface area contributed by atoms with Crippen LogP contribution in [0.4, 0.5) is 0 Å². The zero-order valence-electron chi connectivity index (χ0n) is 8.48. The van der Waals surface area contributed by atoms with Crippen molar-refractivity contribution >= 4 is 5.97 Å². The van der Waals surface area contributed by atoms with Crippen LogP contribution in [0, 0.1) is 0 Å². The Morgan fingerprint density at radius 3 is 2.80 bits per heavy atom. The summed E-state index contributed by atoms with van der Waals surface area (Å²) in [5.41, 5.74) is 0. The minimum atomic E-state index is -0.837. The predicted octanol–water partition coefficient (Wildman–Crippen LogP) is 1.74. The van der Waals surface area contributed by atoms with Gasteiger partial charge in [-0.2, -0.15) is 0 Å². The van der Waals surface area contributed by atoms with Gasteiger partial charge in [-0.05, 0) is 12.8 Å². The quantitative estimate of drug-likeness (QED) is 0.819. The molecule has 1 N–H and O–H groups in total. The van der Waals surface area contributed by atoms with Gasteiger partial charge in [-0.25, -0.2) is 0 Å². The molecule has 1 saturated carbocycles. The Morgan fingerprint density at radius 2 is 2.13 bits per heavy atom. The molecule has 82 valence electrons. The SMILES string of the molecule is O=C(O)CCc1nnc(C2CCCC2)o1. The lowest BCUT2D eigenvalue weighted by Crippen LogP contribution is -1.97. The number of aryl methyl sites for hydroxylation is 1. The summed E-state index contributed by atoms with van der Waals surface area (Å²) in [5.74, 6) is 0.693. The average molecular weight is 210 g/mol. The second-order valence-electron chi connectivity index (χ2n) is 3.91. The number of rotatable bonds is 4. The summed E-state index contributed by atoms with van der Waals surface area (Å²) >= 11 is 0. The predicted molar refractivity (Wildman–Crippen MR) is 51.5 cm³/mol. The van der Waals surface area contributed by atoms with Crippen LogP contribution in [0.1, 0.15) is 49.8 Å². The highest BCUT2D eigenvalue weighted by Gasteiger charge is 2.22. The fraction of sp³-hybridized carbons (Fsp3) is 0.700. The standard InChI is InChI=1S/C10H14N2O3/c13-9(14)6-5-8-11-12-10(15-8)7-3-1-2-4-7/h7H,1-6H2,(H,13,14). The van der Waals surface area contributed by atoms with Crippen molar-refractivity contribution in [2.75, 3.05) is 0 Å². The Hall–Kier alpha value is -1.39. The number of nitrogens with zero attached hydrogens (tertiary/aromatic N) is 2. The van der Waals surface area contributed by atoms with Crippen molar-refractivity contribution in [1.82, 2.24) is 10.2 Å². The van der Waals surface area contributed by atoms with Gasteiger partial charge in [0.1, 0.15) is 0 Å². The molecule has 1 aromatic heterocycles. The Morgan fingerprint density at radius 1 is 1.40 bits per heavy atom. The van der Waals surface area contributed by atoms with Gasteiger partial charge in [0, 0.05) is 12.3 Å². The van der Waals surface area contributed by atoms with E-state index in [1.165, 1.54) is 12.8 Å². The first-order valence-corrected chi connectivity index (χ1v) is 5.30. The van der Waals surface area contributed by atoms with Gasteiger partial charge < -0.3 is 9.52 Å². The molecule has 0 unspecified atom stereocenters. The number of hydrogen-bond acceptors (Lipinski definition) is 4. The van der Waals surface area contributed by atoms with E-state index in [1.807, 2.05) is 0 Å². The molecule has 0 atom stereocenters. The first-order chi connectivity index (χ1) is 7.25. The van der Waals surface area contributed by atoms with Crippen molar-refractivity contribution < 1.29 is 14.3 Å². The van der Waals surface area contributed by atoms with Gasteiger partial charge in [0.15, 0.2) is 0 Å². The molecule has 1 fully saturated rings. The molecule has 5 heteroatoms. The highest BCUT2D eigenvalue weighted by Crippen LogP contribution is 2.33. The fourth-order valence-electron chi connectivity index (χ4n) is 1.92. The number of hydrogen-bond donors (Lipinski definition) is 1. The molecule has 15 heavy (non-hydrogen) atoms. The van der Waals surface area contributed by atoms with Crippen molar-refractivity contribution in [3.8, 4) is 0 Å². The molecule has 0 radical (unpaired) electrons. The number of carboxylic acid groups (broad SMARTS) is 1. The van der Waals surface area contributed by atoms with Crippen LogP contribution in [0.25, 0.3) is 0 Å². The van der Waals surface area contributed by atoms with E-state index in [2.05, 4.69) is 10.2 Å². The molecule has 1 aliphatic carbocycles. The normalized spacial score (nSPS) is 17.1. The minimum Gasteiger partial charge on any atom is -0.481 e. The van der Waals surface area contributed by atoms with Gasteiger partial charge in [0.25, 0.3) is 0 Å². The van der Waals surface area contributed by atoms with E-state index in [4.69, 9.17) is 9.52 Å². The van der Waals surface area contributed by atoms with Crippen LogP contribution >= 0.6 is 0 Å². The number of aliphatic carboxylic acids is 1. The van der Waals surface area contributed by atoms with Crippen LogP contribution < -0.4 is 0 Å². The summed E-state index contributed by atoms with van der Waals surface area (Å²) in [6, 6.07) is 0. The van der Waals surface area contributed by atoms with Gasteiger partial charge in [-0.15, -0.1) is 10.2 Å². The molecule has 0 bridgehead atoms. The summed E-state index contributed by atoms with van der Waals surface area (Å²) in [4.78, 5) is 10.3. The summed E-state index contributed by atoms with van der Waals surface area (Å²) < 4.78 is 5.43. The molecule has 2 rings (SSSR count). The second kappa shape index (κ2) is 4.42. The minimum absolute atomic E-state index is 0.0479. The third-order valence-electron chi connectivity index (χ3n) is 2.74. The third-order valence-corrected chi connectivity index (χ3v) is 2.74. The number of aromatic nitrogens is 2. The zero-order chi connectivity index (χ0) is 10.7. The Kier molecular flexibility index (Phi) is 2.99. The second-order valence-corrected chi connectivity index (χ2v) is 3.91. The molecule has 0 spiro atoms. The van der Waals surface area contributed by atoms with E-state index in [0.29, 0.717) is 24.1 Å². The monoisotopic (exact) mass is 210 g/mol.